The van der Waals surface area contributed by atoms with E-state index in [-0.39, 0.29) is 11.9 Å². The second kappa shape index (κ2) is 5.90. The van der Waals surface area contributed by atoms with Crippen LogP contribution in [0.3, 0.4) is 0 Å². The summed E-state index contributed by atoms with van der Waals surface area (Å²) in [6, 6.07) is 7.53. The number of hydrogen-bond donors (Lipinski definition) is 0. The number of nitrogens with zero attached hydrogens (tertiary/aromatic N) is 3. The number of aromatic nitrogens is 2. The maximum Gasteiger partial charge on any atom is 0.257 e. The van der Waals surface area contributed by atoms with E-state index in [4.69, 9.17) is 11.6 Å². The largest absolute Gasteiger partial charge is 0.335 e. The highest BCUT2D eigenvalue weighted by Crippen LogP contribution is 2.24. The molecule has 0 aliphatic carbocycles. The molecule has 0 saturated heterocycles. The quantitative estimate of drug-likeness (QED) is 0.870. The molecule has 0 spiro atoms. The summed E-state index contributed by atoms with van der Waals surface area (Å²) in [6.07, 6.45) is 0. The van der Waals surface area contributed by atoms with Gasteiger partial charge >= 0.3 is 0 Å². The van der Waals surface area contributed by atoms with E-state index in [0.717, 1.165) is 17.0 Å². The van der Waals surface area contributed by atoms with Crippen molar-refractivity contribution < 1.29 is 4.79 Å². The summed E-state index contributed by atoms with van der Waals surface area (Å²) in [4.78, 5) is 14.5. The number of rotatable bonds is 3. The Morgan fingerprint density at radius 3 is 2.57 bits per heavy atom. The molecule has 0 aliphatic heterocycles. The Hall–Kier alpha value is -1.81. The summed E-state index contributed by atoms with van der Waals surface area (Å²) in [7, 11) is 3.65. The number of carbonyl (C=O) groups is 1. The number of aryl methyl sites for hydroxylation is 2. The Morgan fingerprint density at radius 2 is 2.05 bits per heavy atom. The summed E-state index contributed by atoms with van der Waals surface area (Å²) in [5.41, 5.74) is 3.32. The third-order valence-corrected chi connectivity index (χ3v) is 4.19. The number of benzene rings is 1. The van der Waals surface area contributed by atoms with Crippen LogP contribution in [0, 0.1) is 13.8 Å². The maximum absolute atomic E-state index is 12.7. The minimum absolute atomic E-state index is 0.0226. The second-order valence-electron chi connectivity index (χ2n) is 5.32. The summed E-state index contributed by atoms with van der Waals surface area (Å²) >= 11 is 6.03. The van der Waals surface area contributed by atoms with Gasteiger partial charge in [-0.25, -0.2) is 0 Å². The standard InChI is InChI=1S/C16H20ClN3O/c1-10-15(12(3)20(5)18-10)16(21)19(4)11(2)13-7-6-8-14(17)9-13/h6-9,11H,1-5H3. The first-order chi connectivity index (χ1) is 9.82. The first-order valence-corrected chi connectivity index (χ1v) is 7.23. The van der Waals surface area contributed by atoms with Gasteiger partial charge in [0.15, 0.2) is 0 Å². The highest BCUT2D eigenvalue weighted by molar-refractivity contribution is 6.30. The van der Waals surface area contributed by atoms with Gasteiger partial charge < -0.3 is 4.90 Å². The van der Waals surface area contributed by atoms with Gasteiger partial charge in [-0.2, -0.15) is 5.10 Å². The van der Waals surface area contributed by atoms with Gasteiger partial charge in [0.25, 0.3) is 5.91 Å². The normalized spacial score (nSPS) is 12.3. The molecule has 1 heterocycles. The van der Waals surface area contributed by atoms with Crippen molar-refractivity contribution in [2.75, 3.05) is 7.05 Å². The van der Waals surface area contributed by atoms with Crippen LogP contribution in [-0.4, -0.2) is 27.6 Å². The lowest BCUT2D eigenvalue weighted by atomic mass is 10.1. The van der Waals surface area contributed by atoms with Crippen molar-refractivity contribution in [1.29, 1.82) is 0 Å². The predicted molar refractivity (Wildman–Crippen MR) is 84.6 cm³/mol. The second-order valence-corrected chi connectivity index (χ2v) is 5.75. The highest BCUT2D eigenvalue weighted by atomic mass is 35.5. The molecule has 2 rings (SSSR count). The first kappa shape index (κ1) is 15.6. The SMILES string of the molecule is Cc1nn(C)c(C)c1C(=O)N(C)C(C)c1cccc(Cl)c1. The van der Waals surface area contributed by atoms with E-state index in [1.165, 1.54) is 0 Å². The third kappa shape index (κ3) is 2.95. The lowest BCUT2D eigenvalue weighted by Crippen LogP contribution is -2.30. The average molecular weight is 306 g/mol. The molecule has 1 aromatic heterocycles. The molecule has 1 aromatic carbocycles. The predicted octanol–water partition coefficient (Wildman–Crippen LogP) is 3.52. The number of carbonyl (C=O) groups excluding carboxylic acids is 1. The minimum atomic E-state index is -0.0600. The Balaban J connectivity index is 2.31. The molecule has 0 N–H and O–H groups in total. The molecule has 5 heteroatoms. The van der Waals surface area contributed by atoms with E-state index < -0.39 is 0 Å². The summed E-state index contributed by atoms with van der Waals surface area (Å²) in [6.45, 7) is 5.76. The van der Waals surface area contributed by atoms with Crippen molar-refractivity contribution in [2.24, 2.45) is 7.05 Å². The van der Waals surface area contributed by atoms with Crippen molar-refractivity contribution in [2.45, 2.75) is 26.8 Å². The minimum Gasteiger partial charge on any atom is -0.335 e. The van der Waals surface area contributed by atoms with Crippen LogP contribution < -0.4 is 0 Å². The van der Waals surface area contributed by atoms with Gasteiger partial charge in [-0.1, -0.05) is 23.7 Å². The van der Waals surface area contributed by atoms with Crippen LogP contribution in [0.2, 0.25) is 5.02 Å². The average Bonchev–Trinajstić information content (AvgIpc) is 2.70. The summed E-state index contributed by atoms with van der Waals surface area (Å²) < 4.78 is 1.74. The molecule has 0 aliphatic rings. The first-order valence-electron chi connectivity index (χ1n) is 6.85. The fourth-order valence-electron chi connectivity index (χ4n) is 2.43. The molecular formula is C16H20ClN3O. The number of halogens is 1. The van der Waals surface area contributed by atoms with Crippen molar-refractivity contribution >= 4 is 17.5 Å². The van der Waals surface area contributed by atoms with Crippen LogP contribution in [0.5, 0.6) is 0 Å². The molecular weight excluding hydrogens is 286 g/mol. The molecule has 0 bridgehead atoms. The third-order valence-electron chi connectivity index (χ3n) is 3.96. The van der Waals surface area contributed by atoms with Crippen molar-refractivity contribution in [3.63, 3.8) is 0 Å². The van der Waals surface area contributed by atoms with Crippen LogP contribution in [0.15, 0.2) is 24.3 Å². The molecule has 112 valence electrons. The molecule has 1 amide bonds. The molecule has 0 fully saturated rings. The van der Waals surface area contributed by atoms with E-state index >= 15 is 0 Å². The van der Waals surface area contributed by atoms with Gasteiger partial charge in [-0.3, -0.25) is 9.48 Å². The van der Waals surface area contributed by atoms with Gasteiger partial charge in [0.1, 0.15) is 0 Å². The van der Waals surface area contributed by atoms with Crippen LogP contribution >= 0.6 is 11.6 Å². The molecule has 1 unspecified atom stereocenters. The van der Waals surface area contributed by atoms with E-state index in [1.54, 1.807) is 16.6 Å². The molecule has 21 heavy (non-hydrogen) atoms. The fraction of sp³-hybridized carbons (Fsp3) is 0.375. The van der Waals surface area contributed by atoms with Crippen molar-refractivity contribution in [3.05, 3.63) is 51.8 Å². The van der Waals surface area contributed by atoms with Crippen LogP contribution in [0.25, 0.3) is 0 Å². The van der Waals surface area contributed by atoms with E-state index in [1.807, 2.05) is 52.1 Å². The Morgan fingerprint density at radius 1 is 1.38 bits per heavy atom. The smallest absolute Gasteiger partial charge is 0.257 e. The Bertz CT molecular complexity index is 678. The van der Waals surface area contributed by atoms with Crippen LogP contribution in [0.4, 0.5) is 0 Å². The van der Waals surface area contributed by atoms with E-state index in [9.17, 15) is 4.79 Å². The topological polar surface area (TPSA) is 38.1 Å². The fourth-order valence-corrected chi connectivity index (χ4v) is 2.62. The molecule has 4 nitrogen and oxygen atoms in total. The van der Waals surface area contributed by atoms with Gasteiger partial charge in [-0.15, -0.1) is 0 Å². The van der Waals surface area contributed by atoms with Gasteiger partial charge in [0, 0.05) is 24.8 Å². The Labute approximate surface area is 130 Å². The van der Waals surface area contributed by atoms with Crippen LogP contribution in [-0.2, 0) is 7.05 Å². The van der Waals surface area contributed by atoms with Gasteiger partial charge in [-0.05, 0) is 38.5 Å². The monoisotopic (exact) mass is 305 g/mol. The lowest BCUT2D eigenvalue weighted by molar-refractivity contribution is 0.0741. The van der Waals surface area contributed by atoms with Gasteiger partial charge in [0.05, 0.1) is 17.3 Å². The lowest BCUT2D eigenvalue weighted by Gasteiger charge is -2.25. The number of amides is 1. The van der Waals surface area contributed by atoms with E-state index in [0.29, 0.717) is 10.6 Å². The highest BCUT2D eigenvalue weighted by Gasteiger charge is 2.24. The van der Waals surface area contributed by atoms with Crippen LogP contribution in [0.1, 0.15) is 40.3 Å². The number of hydrogen-bond acceptors (Lipinski definition) is 2. The Kier molecular flexibility index (Phi) is 4.37. The molecule has 1 atom stereocenters. The molecule has 2 aromatic rings. The van der Waals surface area contributed by atoms with E-state index in [2.05, 4.69) is 5.10 Å². The zero-order valence-electron chi connectivity index (χ0n) is 13.0. The zero-order valence-corrected chi connectivity index (χ0v) is 13.8. The summed E-state index contributed by atoms with van der Waals surface area (Å²) in [5.74, 6) is -0.0226. The van der Waals surface area contributed by atoms with Crippen molar-refractivity contribution in [1.82, 2.24) is 14.7 Å². The summed E-state index contributed by atoms with van der Waals surface area (Å²) in [5, 5.41) is 4.98. The molecule has 0 saturated carbocycles. The zero-order chi connectivity index (χ0) is 15.7. The van der Waals surface area contributed by atoms with Crippen molar-refractivity contribution in [3.8, 4) is 0 Å². The maximum atomic E-state index is 12.7. The molecule has 0 radical (unpaired) electrons. The van der Waals surface area contributed by atoms with Gasteiger partial charge in [0.2, 0.25) is 0 Å².